The number of rotatable bonds is 5. The lowest BCUT2D eigenvalue weighted by Gasteiger charge is -2.09. The van der Waals surface area contributed by atoms with Crippen LogP contribution >= 0.6 is 0 Å². The van der Waals surface area contributed by atoms with Gasteiger partial charge in [-0.25, -0.2) is 15.0 Å². The van der Waals surface area contributed by atoms with Crippen molar-refractivity contribution in [2.75, 3.05) is 5.32 Å². The zero-order chi connectivity index (χ0) is 23.7. The fourth-order valence-electron chi connectivity index (χ4n) is 3.32. The summed E-state index contributed by atoms with van der Waals surface area (Å²) in [6.45, 7) is 1.69. The number of nitrogens with zero attached hydrogens (tertiary/aromatic N) is 6. The molecule has 10 heteroatoms. The summed E-state index contributed by atoms with van der Waals surface area (Å²) >= 11 is 0. The molecule has 34 heavy (non-hydrogen) atoms. The van der Waals surface area contributed by atoms with Gasteiger partial charge in [-0.05, 0) is 37.3 Å². The summed E-state index contributed by atoms with van der Waals surface area (Å²) in [5.74, 6) is 1.28. The largest absolute Gasteiger partial charge is 0.456 e. The summed E-state index contributed by atoms with van der Waals surface area (Å²) in [7, 11) is 1.56. The van der Waals surface area contributed by atoms with Crippen molar-refractivity contribution in [3.63, 3.8) is 0 Å². The molecular weight excluding hydrogens is 434 g/mol. The molecular formula is C24H19N7O3. The third-order valence-corrected chi connectivity index (χ3v) is 5.28. The number of carbonyl (C=O) groups is 1. The van der Waals surface area contributed by atoms with Crippen molar-refractivity contribution in [2.24, 2.45) is 7.05 Å². The van der Waals surface area contributed by atoms with Gasteiger partial charge in [-0.15, -0.1) is 0 Å². The number of fused-ring (bicyclic) bond motifs is 1. The lowest BCUT2D eigenvalue weighted by atomic mass is 10.2. The summed E-state index contributed by atoms with van der Waals surface area (Å²) in [5, 5.41) is 2.60. The van der Waals surface area contributed by atoms with E-state index in [0.717, 1.165) is 16.9 Å². The molecule has 5 aromatic heterocycles. The molecule has 0 saturated carbocycles. The third kappa shape index (κ3) is 4.11. The maximum atomic E-state index is 12.5. The van der Waals surface area contributed by atoms with Crippen molar-refractivity contribution in [3.05, 3.63) is 95.3 Å². The molecule has 0 aliphatic rings. The van der Waals surface area contributed by atoms with Gasteiger partial charge < -0.3 is 14.5 Å². The standard InChI is InChI=1S/C24H19N7O3/c1-15-27-13-19(24(33)30(15)2)23(32)29-21-5-4-18(12-28-21)34-17-7-8-25-20(11-17)16-3-6-22-26-9-10-31(22)14-16/h3-14H,1-2H3,(H,28,29,32). The van der Waals surface area contributed by atoms with Crippen molar-refractivity contribution in [3.8, 4) is 22.8 Å². The van der Waals surface area contributed by atoms with Crippen LogP contribution in [0.5, 0.6) is 11.5 Å². The summed E-state index contributed by atoms with van der Waals surface area (Å²) < 4.78 is 9.14. The molecule has 0 aliphatic heterocycles. The molecule has 0 radical (unpaired) electrons. The van der Waals surface area contributed by atoms with Crippen molar-refractivity contribution in [1.29, 1.82) is 0 Å². The highest BCUT2D eigenvalue weighted by molar-refractivity contribution is 6.03. The third-order valence-electron chi connectivity index (χ3n) is 5.28. The van der Waals surface area contributed by atoms with E-state index in [1.54, 1.807) is 44.6 Å². The zero-order valence-corrected chi connectivity index (χ0v) is 18.3. The predicted molar refractivity (Wildman–Crippen MR) is 125 cm³/mol. The molecule has 5 aromatic rings. The van der Waals surface area contributed by atoms with Gasteiger partial charge in [0.15, 0.2) is 0 Å². The summed E-state index contributed by atoms with van der Waals surface area (Å²) in [6.07, 6.45) is 9.97. The Balaban J connectivity index is 1.30. The monoisotopic (exact) mass is 453 g/mol. The van der Waals surface area contributed by atoms with Gasteiger partial charge in [0, 0.05) is 49.7 Å². The topological polar surface area (TPSA) is 116 Å². The second-order valence-corrected chi connectivity index (χ2v) is 7.51. The molecule has 168 valence electrons. The van der Waals surface area contributed by atoms with Gasteiger partial charge in [-0.2, -0.15) is 0 Å². The molecule has 0 atom stereocenters. The average molecular weight is 453 g/mol. The highest BCUT2D eigenvalue weighted by Crippen LogP contribution is 2.26. The van der Waals surface area contributed by atoms with E-state index in [0.29, 0.717) is 17.3 Å². The number of amides is 1. The first kappa shape index (κ1) is 21.0. The number of ether oxygens (including phenoxy) is 1. The second kappa shape index (κ2) is 8.58. The fourth-order valence-corrected chi connectivity index (χ4v) is 3.32. The van der Waals surface area contributed by atoms with E-state index in [-0.39, 0.29) is 11.4 Å². The van der Waals surface area contributed by atoms with Crippen molar-refractivity contribution in [1.82, 2.24) is 28.9 Å². The maximum absolute atomic E-state index is 12.5. The Labute approximate surface area is 193 Å². The van der Waals surface area contributed by atoms with Gasteiger partial charge in [0.1, 0.15) is 34.4 Å². The first-order chi connectivity index (χ1) is 16.5. The molecule has 5 rings (SSSR count). The molecule has 0 saturated heterocycles. The van der Waals surface area contributed by atoms with E-state index in [9.17, 15) is 9.59 Å². The summed E-state index contributed by atoms with van der Waals surface area (Å²) in [5.41, 5.74) is 2.04. The minimum Gasteiger partial charge on any atom is -0.456 e. The van der Waals surface area contributed by atoms with Crippen LogP contribution in [-0.4, -0.2) is 34.8 Å². The highest BCUT2D eigenvalue weighted by atomic mass is 16.5. The van der Waals surface area contributed by atoms with Crippen molar-refractivity contribution in [2.45, 2.75) is 6.92 Å². The van der Waals surface area contributed by atoms with Crippen LogP contribution in [0.1, 0.15) is 16.2 Å². The Morgan fingerprint density at radius 2 is 1.85 bits per heavy atom. The van der Waals surface area contributed by atoms with Crippen LogP contribution in [0.2, 0.25) is 0 Å². The van der Waals surface area contributed by atoms with E-state index in [1.165, 1.54) is 17.0 Å². The van der Waals surface area contributed by atoms with Crippen LogP contribution in [0.4, 0.5) is 5.82 Å². The normalized spacial score (nSPS) is 10.9. The molecule has 0 aliphatic carbocycles. The minimum atomic E-state index is -0.581. The Bertz CT molecular complexity index is 1570. The van der Waals surface area contributed by atoms with Gasteiger partial charge in [-0.3, -0.25) is 19.1 Å². The molecule has 10 nitrogen and oxygen atoms in total. The second-order valence-electron chi connectivity index (χ2n) is 7.51. The highest BCUT2D eigenvalue weighted by Gasteiger charge is 2.14. The summed E-state index contributed by atoms with van der Waals surface area (Å²) in [4.78, 5) is 41.7. The molecule has 5 heterocycles. The van der Waals surface area contributed by atoms with Gasteiger partial charge in [0.05, 0.1) is 11.9 Å². The van der Waals surface area contributed by atoms with Crippen LogP contribution in [0.3, 0.4) is 0 Å². The average Bonchev–Trinajstić information content (AvgIpc) is 3.32. The minimum absolute atomic E-state index is 0.0616. The fraction of sp³-hybridized carbons (Fsp3) is 0.0833. The number of nitrogens with one attached hydrogen (secondary N) is 1. The number of hydrogen-bond donors (Lipinski definition) is 1. The Kier molecular flexibility index (Phi) is 5.30. The van der Waals surface area contributed by atoms with Gasteiger partial charge in [0.25, 0.3) is 11.5 Å². The first-order valence-corrected chi connectivity index (χ1v) is 10.3. The first-order valence-electron chi connectivity index (χ1n) is 10.3. The zero-order valence-electron chi connectivity index (χ0n) is 18.3. The molecule has 0 unspecified atom stereocenters. The Morgan fingerprint density at radius 1 is 0.971 bits per heavy atom. The van der Waals surface area contributed by atoms with Crippen LogP contribution in [0.15, 0.2) is 78.4 Å². The predicted octanol–water partition coefficient (Wildman–Crippen LogP) is 3.24. The van der Waals surface area contributed by atoms with Crippen LogP contribution in [0.25, 0.3) is 16.9 Å². The van der Waals surface area contributed by atoms with Gasteiger partial charge in [-0.1, -0.05) is 0 Å². The molecule has 0 fully saturated rings. The van der Waals surface area contributed by atoms with Crippen LogP contribution in [0, 0.1) is 6.92 Å². The molecule has 1 N–H and O–H groups in total. The maximum Gasteiger partial charge on any atom is 0.266 e. The smallest absolute Gasteiger partial charge is 0.266 e. The quantitative estimate of drug-likeness (QED) is 0.434. The molecule has 0 spiro atoms. The Hall–Kier alpha value is -4.86. The van der Waals surface area contributed by atoms with E-state index in [2.05, 4.69) is 25.3 Å². The number of aromatic nitrogens is 6. The lowest BCUT2D eigenvalue weighted by Crippen LogP contribution is -2.29. The molecule has 0 bridgehead atoms. The Morgan fingerprint density at radius 3 is 2.68 bits per heavy atom. The number of anilines is 1. The molecule has 0 aromatic carbocycles. The SMILES string of the molecule is Cc1ncc(C(=O)Nc2ccc(Oc3ccnc(-c4ccc5nccn5c4)c3)cn2)c(=O)n1C. The van der Waals surface area contributed by atoms with E-state index in [4.69, 9.17) is 4.74 Å². The number of aryl methyl sites for hydroxylation is 1. The van der Waals surface area contributed by atoms with E-state index < -0.39 is 11.5 Å². The van der Waals surface area contributed by atoms with E-state index in [1.807, 2.05) is 35.0 Å². The molecule has 1 amide bonds. The lowest BCUT2D eigenvalue weighted by molar-refractivity contribution is 0.102. The van der Waals surface area contributed by atoms with Crippen LogP contribution in [-0.2, 0) is 7.05 Å². The summed E-state index contributed by atoms with van der Waals surface area (Å²) in [6, 6.07) is 10.7. The number of pyridine rings is 3. The number of hydrogen-bond acceptors (Lipinski definition) is 7. The number of imidazole rings is 1. The van der Waals surface area contributed by atoms with Crippen molar-refractivity contribution < 1.29 is 9.53 Å². The van der Waals surface area contributed by atoms with Crippen molar-refractivity contribution >= 4 is 17.4 Å². The van der Waals surface area contributed by atoms with Gasteiger partial charge in [0.2, 0.25) is 0 Å². The van der Waals surface area contributed by atoms with Gasteiger partial charge >= 0.3 is 0 Å². The van der Waals surface area contributed by atoms with Crippen LogP contribution < -0.4 is 15.6 Å². The number of carbonyl (C=O) groups excluding carboxylic acids is 1. The van der Waals surface area contributed by atoms with E-state index >= 15 is 0 Å².